The maximum absolute atomic E-state index is 11.7. The van der Waals surface area contributed by atoms with E-state index < -0.39 is 0 Å². The van der Waals surface area contributed by atoms with Crippen molar-refractivity contribution in [1.82, 2.24) is 19.9 Å². The van der Waals surface area contributed by atoms with Crippen LogP contribution in [0.4, 0.5) is 11.6 Å². The third-order valence-electron chi connectivity index (χ3n) is 5.62. The van der Waals surface area contributed by atoms with Crippen LogP contribution in [-0.2, 0) is 0 Å². The third kappa shape index (κ3) is 4.77. The van der Waals surface area contributed by atoms with Crippen molar-refractivity contribution in [3.05, 3.63) is 88.2 Å². The quantitative estimate of drug-likeness (QED) is 0.429. The van der Waals surface area contributed by atoms with Gasteiger partial charge in [-0.15, -0.1) is 0 Å². The van der Waals surface area contributed by atoms with Crippen LogP contribution >= 0.6 is 0 Å². The number of aromatic amines is 2. The predicted octanol–water partition coefficient (Wildman–Crippen LogP) is 4.23. The summed E-state index contributed by atoms with van der Waals surface area (Å²) in [5, 5.41) is 3.23. The highest BCUT2D eigenvalue weighted by Crippen LogP contribution is 2.30. The molecule has 1 aliphatic rings. The van der Waals surface area contributed by atoms with E-state index in [1.54, 1.807) is 6.20 Å². The molecule has 0 saturated carbocycles. The van der Waals surface area contributed by atoms with Gasteiger partial charge in [0.05, 0.1) is 0 Å². The number of aliphatic imine (C=N–C) groups is 1. The number of hydrogen-bond acceptors (Lipinski definition) is 4. The molecule has 3 heterocycles. The first-order valence-corrected chi connectivity index (χ1v) is 10.6. The van der Waals surface area contributed by atoms with Gasteiger partial charge in [0.15, 0.2) is 0 Å². The van der Waals surface area contributed by atoms with E-state index in [1.807, 2.05) is 25.3 Å². The topological polar surface area (TPSA) is 89.2 Å². The van der Waals surface area contributed by atoms with Crippen molar-refractivity contribution >= 4 is 17.5 Å². The maximum atomic E-state index is 11.7. The molecule has 4 rings (SSSR count). The number of aryl methyl sites for hydroxylation is 2. The van der Waals surface area contributed by atoms with Gasteiger partial charge in [0.1, 0.15) is 5.84 Å². The largest absolute Gasteiger partial charge is 0.365 e. The Morgan fingerprint density at radius 1 is 1.32 bits per heavy atom. The lowest BCUT2D eigenvalue weighted by atomic mass is 9.90. The second kappa shape index (κ2) is 9.04. The van der Waals surface area contributed by atoms with Gasteiger partial charge in [-0.25, -0.2) is 9.98 Å². The van der Waals surface area contributed by atoms with Gasteiger partial charge < -0.3 is 15.2 Å². The second-order valence-corrected chi connectivity index (χ2v) is 7.92. The van der Waals surface area contributed by atoms with Crippen LogP contribution in [0.5, 0.6) is 0 Å². The van der Waals surface area contributed by atoms with Crippen LogP contribution in [0.1, 0.15) is 41.3 Å². The normalized spacial score (nSPS) is 16.9. The molecular formula is C24H28N6O. The molecule has 7 nitrogen and oxygen atoms in total. The van der Waals surface area contributed by atoms with Crippen molar-refractivity contribution in [2.75, 3.05) is 18.4 Å². The summed E-state index contributed by atoms with van der Waals surface area (Å²) in [6, 6.07) is 11.9. The first-order valence-electron chi connectivity index (χ1n) is 10.6. The number of nitrogens with one attached hydrogen (secondary N) is 3. The number of anilines is 2. The number of amidine groups is 1. The van der Waals surface area contributed by atoms with Crippen LogP contribution in [0, 0.1) is 13.8 Å². The summed E-state index contributed by atoms with van der Waals surface area (Å²) in [4.78, 5) is 29.0. The predicted molar refractivity (Wildman–Crippen MR) is 125 cm³/mol. The van der Waals surface area contributed by atoms with Gasteiger partial charge >= 0.3 is 0 Å². The zero-order chi connectivity index (χ0) is 21.8. The Hall–Kier alpha value is -3.61. The molecule has 1 fully saturated rings. The number of likely N-dealkylation sites (tertiary alicyclic amines) is 1. The van der Waals surface area contributed by atoms with Crippen molar-refractivity contribution in [2.45, 2.75) is 32.6 Å². The summed E-state index contributed by atoms with van der Waals surface area (Å²) in [5.74, 6) is 1.80. The average Bonchev–Trinajstić information content (AvgIpc) is 3.17. The van der Waals surface area contributed by atoms with Gasteiger partial charge in [-0.1, -0.05) is 18.7 Å². The van der Waals surface area contributed by atoms with Crippen molar-refractivity contribution in [3.8, 4) is 0 Å². The fourth-order valence-corrected chi connectivity index (χ4v) is 4.19. The molecule has 7 heteroatoms. The molecule has 1 atom stereocenters. The first-order chi connectivity index (χ1) is 15.0. The SMILES string of the molecule is C=CN=C(c1cc[nH]c1C)N1CCCC(c2cccc(Nc3nc(C)cc(=O)[nH]3)c2)C1. The Morgan fingerprint density at radius 2 is 2.19 bits per heavy atom. The smallest absolute Gasteiger partial charge is 0.252 e. The van der Waals surface area contributed by atoms with Crippen LogP contribution in [-0.4, -0.2) is 38.8 Å². The van der Waals surface area contributed by atoms with E-state index in [2.05, 4.69) is 61.9 Å². The summed E-state index contributed by atoms with van der Waals surface area (Å²) < 4.78 is 0. The Kier molecular flexibility index (Phi) is 6.02. The molecule has 0 radical (unpaired) electrons. The minimum atomic E-state index is -0.164. The molecule has 0 aliphatic carbocycles. The Morgan fingerprint density at radius 3 is 2.94 bits per heavy atom. The molecule has 3 aromatic rings. The number of aromatic nitrogens is 3. The number of piperidine rings is 1. The number of nitrogens with zero attached hydrogens (tertiary/aromatic N) is 3. The Bertz CT molecular complexity index is 1160. The zero-order valence-corrected chi connectivity index (χ0v) is 18.0. The lowest BCUT2D eigenvalue weighted by Crippen LogP contribution is -2.39. The van der Waals surface area contributed by atoms with Gasteiger partial charge in [0.25, 0.3) is 5.56 Å². The molecule has 0 amide bonds. The van der Waals surface area contributed by atoms with Gasteiger partial charge in [-0.05, 0) is 50.5 Å². The second-order valence-electron chi connectivity index (χ2n) is 7.92. The van der Waals surface area contributed by atoms with E-state index in [0.717, 1.165) is 48.7 Å². The summed E-state index contributed by atoms with van der Waals surface area (Å²) in [5.41, 5.74) is 4.90. The molecule has 1 unspecified atom stereocenters. The fourth-order valence-electron chi connectivity index (χ4n) is 4.19. The fraction of sp³-hybridized carbons (Fsp3) is 0.292. The molecule has 31 heavy (non-hydrogen) atoms. The van der Waals surface area contributed by atoms with Gasteiger partial charge in [-0.3, -0.25) is 9.78 Å². The van der Waals surface area contributed by atoms with Crippen LogP contribution in [0.15, 0.2) is 65.2 Å². The molecule has 1 saturated heterocycles. The third-order valence-corrected chi connectivity index (χ3v) is 5.62. The zero-order valence-electron chi connectivity index (χ0n) is 18.0. The number of H-pyrrole nitrogens is 2. The summed E-state index contributed by atoms with van der Waals surface area (Å²) in [6.45, 7) is 9.54. The monoisotopic (exact) mass is 416 g/mol. The van der Waals surface area contributed by atoms with E-state index >= 15 is 0 Å². The minimum absolute atomic E-state index is 0.164. The molecule has 1 aliphatic heterocycles. The van der Waals surface area contributed by atoms with Crippen molar-refractivity contribution in [1.29, 1.82) is 0 Å². The van der Waals surface area contributed by atoms with E-state index in [-0.39, 0.29) is 5.56 Å². The summed E-state index contributed by atoms with van der Waals surface area (Å²) in [7, 11) is 0. The van der Waals surface area contributed by atoms with Gasteiger partial charge in [-0.2, -0.15) is 0 Å². The van der Waals surface area contributed by atoms with Crippen molar-refractivity contribution < 1.29 is 0 Å². The summed E-state index contributed by atoms with van der Waals surface area (Å²) >= 11 is 0. The van der Waals surface area contributed by atoms with Crippen LogP contribution in [0.2, 0.25) is 0 Å². The van der Waals surface area contributed by atoms with Gasteiger partial charge in [0.2, 0.25) is 5.95 Å². The minimum Gasteiger partial charge on any atom is -0.365 e. The van der Waals surface area contributed by atoms with E-state index in [9.17, 15) is 4.79 Å². The lowest BCUT2D eigenvalue weighted by molar-refractivity contribution is 0.309. The number of benzene rings is 1. The molecule has 2 aromatic heterocycles. The number of rotatable bonds is 5. The van der Waals surface area contributed by atoms with Crippen LogP contribution in [0.25, 0.3) is 0 Å². The van der Waals surface area contributed by atoms with Crippen molar-refractivity contribution in [2.24, 2.45) is 4.99 Å². The van der Waals surface area contributed by atoms with Crippen LogP contribution < -0.4 is 10.9 Å². The number of hydrogen-bond donors (Lipinski definition) is 3. The maximum Gasteiger partial charge on any atom is 0.252 e. The molecule has 0 bridgehead atoms. The highest BCUT2D eigenvalue weighted by Gasteiger charge is 2.25. The first kappa shape index (κ1) is 20.7. The highest BCUT2D eigenvalue weighted by molar-refractivity contribution is 6.00. The lowest BCUT2D eigenvalue weighted by Gasteiger charge is -2.35. The molecule has 3 N–H and O–H groups in total. The molecular weight excluding hydrogens is 388 g/mol. The van der Waals surface area contributed by atoms with Crippen LogP contribution in [0.3, 0.4) is 0 Å². The highest BCUT2D eigenvalue weighted by atomic mass is 16.1. The molecule has 0 spiro atoms. The standard InChI is InChI=1S/C24H28N6O/c1-4-25-23(21-10-11-26-17(21)3)30-12-6-8-19(15-30)18-7-5-9-20(14-18)28-24-27-16(2)13-22(31)29-24/h4-5,7,9-11,13-14,19,26H,1,6,8,12,15H2,2-3H3,(H2,27,28,29,31). The Labute approximate surface area is 182 Å². The van der Waals surface area contributed by atoms with E-state index in [1.165, 1.54) is 11.6 Å². The average molecular weight is 417 g/mol. The van der Waals surface area contributed by atoms with E-state index in [4.69, 9.17) is 0 Å². The Balaban J connectivity index is 1.55. The van der Waals surface area contributed by atoms with Gasteiger partial charge in [0, 0.05) is 60.1 Å². The van der Waals surface area contributed by atoms with Crippen molar-refractivity contribution in [3.63, 3.8) is 0 Å². The van der Waals surface area contributed by atoms with E-state index in [0.29, 0.717) is 17.6 Å². The summed E-state index contributed by atoms with van der Waals surface area (Å²) in [6.07, 6.45) is 5.77. The molecule has 1 aromatic carbocycles. The molecule has 160 valence electrons.